The molecule has 2 N–H and O–H groups in total. The third kappa shape index (κ3) is 8.62. The van der Waals surface area contributed by atoms with Crippen LogP contribution in [0.4, 0.5) is 22.7 Å². The molecule has 0 saturated carbocycles. The number of non-ortho nitro benzene ring substituents is 1. The van der Waals surface area contributed by atoms with Crippen molar-refractivity contribution in [2.75, 3.05) is 10.2 Å². The van der Waals surface area contributed by atoms with Crippen LogP contribution in [0.1, 0.15) is 29.3 Å². The largest absolute Gasteiger partial charge is 0.321 e. The second-order valence-corrected chi connectivity index (χ2v) is 11.8. The van der Waals surface area contributed by atoms with E-state index in [1.807, 2.05) is 79.7 Å². The molecule has 5 rings (SSSR count). The van der Waals surface area contributed by atoms with Gasteiger partial charge in [0.2, 0.25) is 5.91 Å². The first-order valence-corrected chi connectivity index (χ1v) is 16.0. The molecule has 0 heterocycles. The number of rotatable bonds is 12. The summed E-state index contributed by atoms with van der Waals surface area (Å²) in [5, 5.41) is 16.2. The van der Waals surface area contributed by atoms with Gasteiger partial charge in [-0.15, -0.1) is 11.8 Å². The Kier molecular flexibility index (Phi) is 11.1. The van der Waals surface area contributed by atoms with Crippen molar-refractivity contribution in [2.45, 2.75) is 23.5 Å². The van der Waals surface area contributed by atoms with Gasteiger partial charge in [0.15, 0.2) is 0 Å². The highest BCUT2D eigenvalue weighted by Crippen LogP contribution is 2.33. The van der Waals surface area contributed by atoms with Gasteiger partial charge in [-0.05, 0) is 90.9 Å². The van der Waals surface area contributed by atoms with Crippen molar-refractivity contribution in [1.29, 1.82) is 0 Å². The summed E-state index contributed by atoms with van der Waals surface area (Å²) in [7, 11) is 0. The molecular weight excluding hydrogens is 625 g/mol. The summed E-state index contributed by atoms with van der Waals surface area (Å²) < 4.78 is 0. The summed E-state index contributed by atoms with van der Waals surface area (Å²) in [5.41, 5.74) is 2.74. The van der Waals surface area contributed by atoms with Crippen LogP contribution >= 0.6 is 11.8 Å². The molecule has 0 aromatic heterocycles. The van der Waals surface area contributed by atoms with Crippen molar-refractivity contribution >= 4 is 58.3 Å². The molecule has 48 heavy (non-hydrogen) atoms. The SMILES string of the molecule is CCC(Sc1ccc(NC(=O)/C(=C/c2ccc([N+](=O)[O-])cc2)NC(=O)c2ccccc2)cc1)C(=O)N(c1ccccc1)c1ccccc1. The Hall–Kier alpha value is -6.00. The lowest BCUT2D eigenvalue weighted by Crippen LogP contribution is -2.34. The van der Waals surface area contributed by atoms with Crippen molar-refractivity contribution in [3.63, 3.8) is 0 Å². The van der Waals surface area contributed by atoms with Crippen molar-refractivity contribution in [3.8, 4) is 0 Å². The molecule has 9 nitrogen and oxygen atoms in total. The summed E-state index contributed by atoms with van der Waals surface area (Å²) >= 11 is 1.44. The fraction of sp³-hybridized carbons (Fsp3) is 0.0789. The van der Waals surface area contributed by atoms with Gasteiger partial charge in [-0.1, -0.05) is 61.5 Å². The smallest absolute Gasteiger partial charge is 0.272 e. The molecule has 1 unspecified atom stereocenters. The zero-order valence-corrected chi connectivity index (χ0v) is 26.8. The lowest BCUT2D eigenvalue weighted by molar-refractivity contribution is -0.384. The number of hydrogen-bond donors (Lipinski definition) is 2. The van der Waals surface area contributed by atoms with Crippen molar-refractivity contribution in [2.24, 2.45) is 0 Å². The van der Waals surface area contributed by atoms with Crippen LogP contribution in [0.15, 0.2) is 150 Å². The topological polar surface area (TPSA) is 122 Å². The highest BCUT2D eigenvalue weighted by molar-refractivity contribution is 8.00. The van der Waals surface area contributed by atoms with Crippen LogP contribution < -0.4 is 15.5 Å². The molecule has 0 saturated heterocycles. The zero-order valence-electron chi connectivity index (χ0n) is 26.0. The summed E-state index contributed by atoms with van der Waals surface area (Å²) in [5.74, 6) is -1.12. The van der Waals surface area contributed by atoms with Crippen molar-refractivity contribution in [3.05, 3.63) is 166 Å². The molecule has 5 aromatic rings. The molecule has 0 aliphatic rings. The van der Waals surface area contributed by atoms with E-state index in [0.29, 0.717) is 23.2 Å². The van der Waals surface area contributed by atoms with Gasteiger partial charge in [0, 0.05) is 39.7 Å². The molecule has 5 aromatic carbocycles. The minimum Gasteiger partial charge on any atom is -0.321 e. The molecular formula is C38H32N4O5S. The predicted molar refractivity (Wildman–Crippen MR) is 190 cm³/mol. The van der Waals surface area contributed by atoms with Gasteiger partial charge in [-0.25, -0.2) is 0 Å². The van der Waals surface area contributed by atoms with E-state index >= 15 is 0 Å². The monoisotopic (exact) mass is 656 g/mol. The van der Waals surface area contributed by atoms with E-state index in [0.717, 1.165) is 16.3 Å². The molecule has 0 fully saturated rings. The molecule has 1 atom stereocenters. The Labute approximate surface area is 282 Å². The van der Waals surface area contributed by atoms with Crippen LogP contribution in [0.25, 0.3) is 6.08 Å². The first kappa shape index (κ1) is 33.4. The van der Waals surface area contributed by atoms with Gasteiger partial charge in [0.25, 0.3) is 17.5 Å². The third-order valence-corrected chi connectivity index (χ3v) is 8.59. The Bertz CT molecular complexity index is 1860. The average Bonchev–Trinajstić information content (AvgIpc) is 3.12. The second kappa shape index (κ2) is 16.0. The number of anilines is 3. The number of nitrogens with zero attached hydrogens (tertiary/aromatic N) is 2. The molecule has 0 spiro atoms. The van der Waals surface area contributed by atoms with Crippen molar-refractivity contribution in [1.82, 2.24) is 5.32 Å². The number of hydrogen-bond acceptors (Lipinski definition) is 6. The maximum atomic E-state index is 13.9. The van der Waals surface area contributed by atoms with Crippen molar-refractivity contribution < 1.29 is 19.3 Å². The van der Waals surface area contributed by atoms with Crippen LogP contribution in [0.2, 0.25) is 0 Å². The number of nitro groups is 1. The van der Waals surface area contributed by atoms with E-state index in [1.165, 1.54) is 42.1 Å². The zero-order chi connectivity index (χ0) is 33.9. The summed E-state index contributed by atoms with van der Waals surface area (Å²) in [6, 6.07) is 40.3. The molecule has 3 amide bonds. The summed E-state index contributed by atoms with van der Waals surface area (Å²) in [6.45, 7) is 1.97. The van der Waals surface area contributed by atoms with E-state index in [-0.39, 0.29) is 22.5 Å². The number of carbonyl (C=O) groups is 3. The quantitative estimate of drug-likeness (QED) is 0.0604. The second-order valence-electron chi connectivity index (χ2n) is 10.6. The average molecular weight is 657 g/mol. The Morgan fingerprint density at radius 3 is 1.83 bits per heavy atom. The lowest BCUT2D eigenvalue weighted by atomic mass is 10.1. The summed E-state index contributed by atoms with van der Waals surface area (Å²) in [6.07, 6.45) is 2.04. The first-order chi connectivity index (χ1) is 23.3. The number of thioether (sulfide) groups is 1. The van der Waals surface area contributed by atoms with E-state index in [9.17, 15) is 24.5 Å². The van der Waals surface area contributed by atoms with Crippen LogP contribution in [-0.2, 0) is 9.59 Å². The highest BCUT2D eigenvalue weighted by Gasteiger charge is 2.26. The van der Waals surface area contributed by atoms with E-state index in [1.54, 1.807) is 47.4 Å². The molecule has 0 bridgehead atoms. The minimum atomic E-state index is -0.582. The van der Waals surface area contributed by atoms with Crippen LogP contribution in [-0.4, -0.2) is 27.9 Å². The Morgan fingerprint density at radius 1 is 0.771 bits per heavy atom. The van der Waals surface area contributed by atoms with E-state index in [4.69, 9.17) is 0 Å². The molecule has 0 aliphatic heterocycles. The fourth-order valence-corrected chi connectivity index (χ4v) is 5.79. The van der Waals surface area contributed by atoms with Gasteiger partial charge >= 0.3 is 0 Å². The van der Waals surface area contributed by atoms with Gasteiger partial charge in [-0.3, -0.25) is 29.4 Å². The lowest BCUT2D eigenvalue weighted by Gasteiger charge is -2.27. The third-order valence-electron chi connectivity index (χ3n) is 7.23. The predicted octanol–water partition coefficient (Wildman–Crippen LogP) is 8.24. The standard InChI is InChI=1S/C38H32N4O5S/c1-2-35(38(45)41(30-14-8-4-9-15-30)31-16-10-5-11-17-31)48-33-24-20-29(21-25-33)39-37(44)34(40-36(43)28-12-6-3-7-13-28)26-27-18-22-32(23-19-27)42(46)47/h3-26,35H,2H2,1H3,(H,39,44)(H,40,43)/b34-26-. The minimum absolute atomic E-state index is 0.0466. The molecule has 0 aliphatic carbocycles. The normalized spacial score (nSPS) is 11.6. The number of amides is 3. The number of para-hydroxylation sites is 2. The van der Waals surface area contributed by atoms with Gasteiger partial charge in [0.1, 0.15) is 5.70 Å². The number of benzene rings is 5. The van der Waals surface area contributed by atoms with E-state index < -0.39 is 16.7 Å². The maximum Gasteiger partial charge on any atom is 0.272 e. The van der Waals surface area contributed by atoms with Crippen LogP contribution in [0.3, 0.4) is 0 Å². The first-order valence-electron chi connectivity index (χ1n) is 15.2. The molecule has 240 valence electrons. The number of nitro benzene ring substituents is 1. The van der Waals surface area contributed by atoms with Gasteiger partial charge < -0.3 is 10.6 Å². The van der Waals surface area contributed by atoms with Crippen LogP contribution in [0.5, 0.6) is 0 Å². The summed E-state index contributed by atoms with van der Waals surface area (Å²) in [4.78, 5) is 53.5. The van der Waals surface area contributed by atoms with E-state index in [2.05, 4.69) is 10.6 Å². The fourth-order valence-electron chi connectivity index (χ4n) is 4.79. The van der Waals surface area contributed by atoms with Gasteiger partial charge in [-0.2, -0.15) is 0 Å². The Morgan fingerprint density at radius 2 is 1.31 bits per heavy atom. The maximum absolute atomic E-state index is 13.9. The van der Waals surface area contributed by atoms with Crippen LogP contribution in [0, 0.1) is 10.1 Å². The molecule has 0 radical (unpaired) electrons. The Balaban J connectivity index is 1.32. The van der Waals surface area contributed by atoms with Gasteiger partial charge in [0.05, 0.1) is 10.2 Å². The highest BCUT2D eigenvalue weighted by atomic mass is 32.2. The molecule has 10 heteroatoms. The number of nitrogens with one attached hydrogen (secondary N) is 2. The number of carbonyl (C=O) groups excluding carboxylic acids is 3.